The van der Waals surface area contributed by atoms with Crippen LogP contribution in [-0.4, -0.2) is 72.0 Å². The van der Waals surface area contributed by atoms with Crippen molar-refractivity contribution in [2.45, 2.75) is 26.2 Å². The quantitative estimate of drug-likeness (QED) is 0.821. The van der Waals surface area contributed by atoms with Crippen LogP contribution in [0, 0.1) is 6.92 Å². The molecule has 22 heavy (non-hydrogen) atoms. The van der Waals surface area contributed by atoms with E-state index in [1.54, 1.807) is 6.20 Å². The summed E-state index contributed by atoms with van der Waals surface area (Å²) < 4.78 is 0. The van der Waals surface area contributed by atoms with Crippen molar-refractivity contribution in [2.75, 3.05) is 51.2 Å². The molecule has 2 fully saturated rings. The van der Waals surface area contributed by atoms with Crippen LogP contribution in [0.15, 0.2) is 6.20 Å². The number of nitrogens with zero attached hydrogens (tertiary/aromatic N) is 5. The Kier molecular flexibility index (Phi) is 4.57. The largest absolute Gasteiger partial charge is 0.339 e. The summed E-state index contributed by atoms with van der Waals surface area (Å²) in [5.74, 6) is 0.836. The number of piperidine rings is 1. The van der Waals surface area contributed by atoms with Gasteiger partial charge in [-0.1, -0.05) is 0 Å². The zero-order valence-corrected chi connectivity index (χ0v) is 13.6. The molecule has 2 aliphatic heterocycles. The molecule has 1 aromatic rings. The molecular weight excluding hydrogens is 278 g/mol. The number of piperazine rings is 1. The molecule has 120 valence electrons. The van der Waals surface area contributed by atoms with Gasteiger partial charge in [-0.3, -0.25) is 4.79 Å². The van der Waals surface area contributed by atoms with Crippen LogP contribution in [0.25, 0.3) is 0 Å². The summed E-state index contributed by atoms with van der Waals surface area (Å²) in [5.41, 5.74) is 1.44. The highest BCUT2D eigenvalue weighted by molar-refractivity contribution is 5.95. The molecule has 1 aromatic heterocycles. The van der Waals surface area contributed by atoms with Crippen molar-refractivity contribution >= 4 is 11.9 Å². The molecule has 2 aliphatic rings. The average molecular weight is 303 g/mol. The van der Waals surface area contributed by atoms with E-state index in [1.807, 2.05) is 11.8 Å². The van der Waals surface area contributed by atoms with E-state index in [0.717, 1.165) is 63.8 Å². The molecule has 0 saturated carbocycles. The number of rotatable bonds is 2. The summed E-state index contributed by atoms with van der Waals surface area (Å²) in [4.78, 5) is 28.1. The van der Waals surface area contributed by atoms with E-state index in [0.29, 0.717) is 5.56 Å². The zero-order valence-electron chi connectivity index (χ0n) is 13.6. The molecular formula is C16H25N5O. The van der Waals surface area contributed by atoms with Gasteiger partial charge in [-0.25, -0.2) is 9.97 Å². The van der Waals surface area contributed by atoms with E-state index in [1.165, 1.54) is 6.42 Å². The van der Waals surface area contributed by atoms with Crippen molar-refractivity contribution in [3.05, 3.63) is 17.5 Å². The van der Waals surface area contributed by atoms with Crippen LogP contribution in [0.5, 0.6) is 0 Å². The second-order valence-corrected chi connectivity index (χ2v) is 6.31. The average Bonchev–Trinajstić information content (AvgIpc) is 2.56. The van der Waals surface area contributed by atoms with Crippen LogP contribution in [0.2, 0.25) is 0 Å². The third-order valence-corrected chi connectivity index (χ3v) is 4.63. The molecule has 0 atom stereocenters. The maximum atomic E-state index is 12.6. The molecule has 1 amide bonds. The van der Waals surface area contributed by atoms with E-state index in [9.17, 15) is 4.79 Å². The lowest BCUT2D eigenvalue weighted by atomic mass is 10.1. The first-order chi connectivity index (χ1) is 10.6. The number of likely N-dealkylation sites (tertiary alicyclic amines) is 1. The lowest BCUT2D eigenvalue weighted by Gasteiger charge is -2.32. The number of likely N-dealkylation sites (N-methyl/N-ethyl adjacent to an activating group) is 1. The first-order valence-electron chi connectivity index (χ1n) is 8.21. The highest BCUT2D eigenvalue weighted by Crippen LogP contribution is 2.17. The van der Waals surface area contributed by atoms with Crippen molar-refractivity contribution < 1.29 is 4.79 Å². The Bertz CT molecular complexity index is 533. The Hall–Kier alpha value is -1.69. The van der Waals surface area contributed by atoms with Gasteiger partial charge < -0.3 is 14.7 Å². The number of hydrogen-bond acceptors (Lipinski definition) is 5. The molecule has 0 bridgehead atoms. The number of aromatic nitrogens is 2. The maximum Gasteiger partial charge on any atom is 0.257 e. The molecule has 3 heterocycles. The lowest BCUT2D eigenvalue weighted by molar-refractivity contribution is 0.0722. The highest BCUT2D eigenvalue weighted by Gasteiger charge is 2.22. The lowest BCUT2D eigenvalue weighted by Crippen LogP contribution is -2.45. The Morgan fingerprint density at radius 3 is 2.36 bits per heavy atom. The van der Waals surface area contributed by atoms with E-state index >= 15 is 0 Å². The fourth-order valence-corrected chi connectivity index (χ4v) is 3.09. The number of anilines is 1. The van der Waals surface area contributed by atoms with Crippen LogP contribution in [0.4, 0.5) is 5.95 Å². The topological polar surface area (TPSA) is 52.6 Å². The molecule has 6 heteroatoms. The van der Waals surface area contributed by atoms with Crippen molar-refractivity contribution in [2.24, 2.45) is 0 Å². The standard InChI is InChI=1S/C16H25N5O/c1-13-14(15(22)20-6-4-3-5-7-20)12-17-16(18-13)21-10-8-19(2)9-11-21/h12H,3-11H2,1-2H3. The van der Waals surface area contributed by atoms with Crippen molar-refractivity contribution in [1.29, 1.82) is 0 Å². The summed E-state index contributed by atoms with van der Waals surface area (Å²) in [6.07, 6.45) is 5.14. The van der Waals surface area contributed by atoms with Crippen LogP contribution in [0.1, 0.15) is 35.3 Å². The fraction of sp³-hybridized carbons (Fsp3) is 0.688. The first kappa shape index (κ1) is 15.2. The van der Waals surface area contributed by atoms with Gasteiger partial charge in [0.2, 0.25) is 5.95 Å². The molecule has 0 unspecified atom stereocenters. The molecule has 0 radical (unpaired) electrons. The van der Waals surface area contributed by atoms with Gasteiger partial charge in [0.05, 0.1) is 11.3 Å². The third-order valence-electron chi connectivity index (χ3n) is 4.63. The Balaban J connectivity index is 1.73. The number of carbonyl (C=O) groups excluding carboxylic acids is 1. The summed E-state index contributed by atoms with van der Waals surface area (Å²) in [6.45, 7) is 7.56. The minimum atomic E-state index is 0.0853. The van der Waals surface area contributed by atoms with Crippen molar-refractivity contribution in [3.63, 3.8) is 0 Å². The second-order valence-electron chi connectivity index (χ2n) is 6.31. The summed E-state index contributed by atoms with van der Waals surface area (Å²) >= 11 is 0. The Morgan fingerprint density at radius 1 is 1.05 bits per heavy atom. The minimum absolute atomic E-state index is 0.0853. The SMILES string of the molecule is Cc1nc(N2CCN(C)CC2)ncc1C(=O)N1CCCCC1. The smallest absolute Gasteiger partial charge is 0.257 e. The third kappa shape index (κ3) is 3.21. The predicted molar refractivity (Wildman–Crippen MR) is 86.2 cm³/mol. The first-order valence-corrected chi connectivity index (χ1v) is 8.21. The van der Waals surface area contributed by atoms with E-state index in [-0.39, 0.29) is 5.91 Å². The van der Waals surface area contributed by atoms with Gasteiger partial charge in [0.15, 0.2) is 0 Å². The van der Waals surface area contributed by atoms with Crippen LogP contribution in [0.3, 0.4) is 0 Å². The molecule has 0 aliphatic carbocycles. The number of aryl methyl sites for hydroxylation is 1. The second kappa shape index (κ2) is 6.60. The summed E-state index contributed by atoms with van der Waals surface area (Å²) in [7, 11) is 2.13. The van der Waals surface area contributed by atoms with Crippen LogP contribution < -0.4 is 4.90 Å². The molecule has 0 N–H and O–H groups in total. The predicted octanol–water partition coefficient (Wildman–Crippen LogP) is 1.16. The van der Waals surface area contributed by atoms with Gasteiger partial charge in [-0.15, -0.1) is 0 Å². The van der Waals surface area contributed by atoms with E-state index in [4.69, 9.17) is 0 Å². The van der Waals surface area contributed by atoms with Gasteiger partial charge in [-0.05, 0) is 33.2 Å². The number of hydrogen-bond donors (Lipinski definition) is 0. The van der Waals surface area contributed by atoms with Gasteiger partial charge in [-0.2, -0.15) is 0 Å². The normalized spacial score (nSPS) is 20.3. The summed E-state index contributed by atoms with van der Waals surface area (Å²) in [6, 6.07) is 0. The number of amides is 1. The number of carbonyl (C=O) groups is 1. The molecule has 3 rings (SSSR count). The zero-order chi connectivity index (χ0) is 15.5. The van der Waals surface area contributed by atoms with Gasteiger partial charge in [0.1, 0.15) is 0 Å². The van der Waals surface area contributed by atoms with Crippen LogP contribution >= 0.6 is 0 Å². The van der Waals surface area contributed by atoms with Gasteiger partial charge in [0.25, 0.3) is 5.91 Å². The van der Waals surface area contributed by atoms with Gasteiger partial charge >= 0.3 is 0 Å². The maximum absolute atomic E-state index is 12.6. The monoisotopic (exact) mass is 303 g/mol. The van der Waals surface area contributed by atoms with E-state index in [2.05, 4.69) is 26.8 Å². The molecule has 6 nitrogen and oxygen atoms in total. The molecule has 0 aromatic carbocycles. The summed E-state index contributed by atoms with van der Waals surface area (Å²) in [5, 5.41) is 0. The molecule has 0 spiro atoms. The minimum Gasteiger partial charge on any atom is -0.339 e. The van der Waals surface area contributed by atoms with Crippen molar-refractivity contribution in [1.82, 2.24) is 19.8 Å². The van der Waals surface area contributed by atoms with Crippen LogP contribution in [-0.2, 0) is 0 Å². The van der Waals surface area contributed by atoms with E-state index < -0.39 is 0 Å². The Morgan fingerprint density at radius 2 is 1.73 bits per heavy atom. The molecule has 2 saturated heterocycles. The highest BCUT2D eigenvalue weighted by atomic mass is 16.2. The van der Waals surface area contributed by atoms with Gasteiger partial charge in [0, 0.05) is 45.5 Å². The Labute approximate surface area is 132 Å². The fourth-order valence-electron chi connectivity index (χ4n) is 3.09. The van der Waals surface area contributed by atoms with Crippen molar-refractivity contribution in [3.8, 4) is 0 Å².